The Balaban J connectivity index is 1.04. The van der Waals surface area contributed by atoms with Gasteiger partial charge in [-0.15, -0.1) is 0 Å². The second-order valence-corrected chi connectivity index (χ2v) is 14.4. The van der Waals surface area contributed by atoms with Gasteiger partial charge in [0.25, 0.3) is 0 Å². The summed E-state index contributed by atoms with van der Waals surface area (Å²) in [6.45, 7) is 0. The van der Waals surface area contributed by atoms with E-state index in [2.05, 4.69) is 102 Å². The molecule has 4 aromatic heterocycles. The number of nitrogens with zero attached hydrogens (tertiary/aromatic N) is 4. The van der Waals surface area contributed by atoms with Gasteiger partial charge < -0.3 is 13.4 Å². The Hall–Kier alpha value is -7.83. The highest BCUT2D eigenvalue weighted by atomic mass is 16.3. The van der Waals surface area contributed by atoms with Crippen LogP contribution in [0.4, 0.5) is 0 Å². The number of fused-ring (bicyclic) bond motifs is 9. The van der Waals surface area contributed by atoms with Crippen LogP contribution in [0.1, 0.15) is 0 Å². The van der Waals surface area contributed by atoms with Crippen LogP contribution in [0.5, 0.6) is 0 Å². The molecule has 57 heavy (non-hydrogen) atoms. The van der Waals surface area contributed by atoms with Crippen LogP contribution in [0.15, 0.2) is 191 Å². The average molecular weight is 731 g/mol. The number of hydrogen-bond donors (Lipinski definition) is 0. The van der Waals surface area contributed by atoms with Crippen molar-refractivity contribution >= 4 is 65.7 Å². The highest BCUT2D eigenvalue weighted by Gasteiger charge is 2.20. The molecule has 0 aliphatic heterocycles. The first-order chi connectivity index (χ1) is 28.2. The second kappa shape index (κ2) is 12.3. The first-order valence-corrected chi connectivity index (χ1v) is 19.0. The smallest absolute Gasteiger partial charge is 0.164 e. The van der Waals surface area contributed by atoms with E-state index in [4.69, 9.17) is 23.8 Å². The molecule has 0 atom stereocenters. The highest BCUT2D eigenvalue weighted by molar-refractivity contribution is 6.14. The zero-order valence-corrected chi connectivity index (χ0v) is 30.4. The van der Waals surface area contributed by atoms with Crippen molar-refractivity contribution in [1.82, 2.24) is 19.5 Å². The quantitative estimate of drug-likeness (QED) is 0.176. The van der Waals surface area contributed by atoms with Crippen LogP contribution in [0, 0.1) is 0 Å². The molecule has 0 bridgehead atoms. The van der Waals surface area contributed by atoms with Gasteiger partial charge in [-0.2, -0.15) is 0 Å². The predicted octanol–water partition coefficient (Wildman–Crippen LogP) is 13.4. The number of benzene rings is 8. The lowest BCUT2D eigenvalue weighted by Gasteiger charge is -2.10. The van der Waals surface area contributed by atoms with Crippen LogP contribution >= 0.6 is 0 Å². The van der Waals surface area contributed by atoms with Crippen LogP contribution in [-0.2, 0) is 0 Å². The molecule has 0 spiro atoms. The van der Waals surface area contributed by atoms with Gasteiger partial charge in [0.15, 0.2) is 17.5 Å². The minimum Gasteiger partial charge on any atom is -0.456 e. The maximum atomic E-state index is 6.52. The van der Waals surface area contributed by atoms with E-state index >= 15 is 0 Å². The Morgan fingerprint density at radius 3 is 1.68 bits per heavy atom. The van der Waals surface area contributed by atoms with E-state index in [9.17, 15) is 0 Å². The molecule has 0 unspecified atom stereocenters. The molecular formula is C51H30N4O2. The third-order valence-corrected chi connectivity index (χ3v) is 11.1. The van der Waals surface area contributed by atoms with Crippen molar-refractivity contribution in [3.63, 3.8) is 0 Å². The van der Waals surface area contributed by atoms with Crippen molar-refractivity contribution in [2.75, 3.05) is 0 Å². The van der Waals surface area contributed by atoms with Crippen molar-refractivity contribution in [2.45, 2.75) is 0 Å². The fourth-order valence-corrected chi connectivity index (χ4v) is 8.41. The maximum absolute atomic E-state index is 6.52. The average Bonchev–Trinajstić information content (AvgIpc) is 3.95. The van der Waals surface area contributed by atoms with Gasteiger partial charge in [0.05, 0.1) is 11.0 Å². The Bertz CT molecular complexity index is 3470. The van der Waals surface area contributed by atoms with Crippen molar-refractivity contribution in [3.05, 3.63) is 182 Å². The summed E-state index contributed by atoms with van der Waals surface area (Å²) >= 11 is 0. The van der Waals surface area contributed by atoms with Crippen molar-refractivity contribution in [1.29, 1.82) is 0 Å². The summed E-state index contributed by atoms with van der Waals surface area (Å²) in [5.41, 5.74) is 11.7. The molecule has 12 aromatic rings. The zero-order valence-electron chi connectivity index (χ0n) is 30.4. The molecule has 4 heterocycles. The molecule has 6 nitrogen and oxygen atoms in total. The molecule has 0 fully saturated rings. The molecule has 0 saturated carbocycles. The predicted molar refractivity (Wildman–Crippen MR) is 230 cm³/mol. The van der Waals surface area contributed by atoms with Crippen molar-refractivity contribution in [2.24, 2.45) is 0 Å². The van der Waals surface area contributed by atoms with E-state index in [0.29, 0.717) is 17.5 Å². The lowest BCUT2D eigenvalue weighted by molar-refractivity contribution is 0.668. The largest absolute Gasteiger partial charge is 0.456 e. The standard InChI is InChI=1S/C51H30N4O2/c1-3-12-31(13-4-1)49-52-50(32-14-5-2-6-15-32)54-51(53-49)38-18-11-21-47-48(38)41-30-35(24-27-46(41)57-47)55-42-19-9-7-16-36(42)39-28-33(22-25-43(39)55)34-23-26-45-40(29-34)37-17-8-10-20-44(37)56-45/h1-30H. The van der Waals surface area contributed by atoms with Gasteiger partial charge in [0, 0.05) is 54.7 Å². The Morgan fingerprint density at radius 2 is 0.895 bits per heavy atom. The zero-order chi connectivity index (χ0) is 37.5. The molecule has 0 aliphatic carbocycles. The van der Waals surface area contributed by atoms with Crippen LogP contribution in [0.25, 0.3) is 117 Å². The molecule has 266 valence electrons. The lowest BCUT2D eigenvalue weighted by Crippen LogP contribution is -2.00. The van der Waals surface area contributed by atoms with Gasteiger partial charge in [-0.3, -0.25) is 0 Å². The van der Waals surface area contributed by atoms with Gasteiger partial charge in [0.2, 0.25) is 0 Å². The number of rotatable bonds is 5. The molecule has 0 N–H and O–H groups in total. The summed E-state index contributed by atoms with van der Waals surface area (Å²) in [6, 6.07) is 62.8. The maximum Gasteiger partial charge on any atom is 0.164 e. The van der Waals surface area contributed by atoms with Crippen molar-refractivity contribution in [3.8, 4) is 51.0 Å². The van der Waals surface area contributed by atoms with Crippen LogP contribution < -0.4 is 0 Å². The third kappa shape index (κ3) is 5.01. The van der Waals surface area contributed by atoms with E-state index in [1.165, 1.54) is 10.8 Å². The molecule has 0 saturated heterocycles. The minimum atomic E-state index is 0.590. The number of hydrogen-bond acceptors (Lipinski definition) is 5. The first kappa shape index (κ1) is 31.5. The van der Waals surface area contributed by atoms with E-state index in [-0.39, 0.29) is 0 Å². The van der Waals surface area contributed by atoms with Gasteiger partial charge in [-0.05, 0) is 71.8 Å². The molecular weight excluding hydrogens is 701 g/mol. The summed E-state index contributed by atoms with van der Waals surface area (Å²) in [5.74, 6) is 1.83. The second-order valence-electron chi connectivity index (χ2n) is 14.4. The van der Waals surface area contributed by atoms with Gasteiger partial charge in [0.1, 0.15) is 22.3 Å². The molecule has 6 heteroatoms. The summed E-state index contributed by atoms with van der Waals surface area (Å²) in [4.78, 5) is 15.1. The summed E-state index contributed by atoms with van der Waals surface area (Å²) in [7, 11) is 0. The molecule has 0 aliphatic rings. The monoisotopic (exact) mass is 730 g/mol. The van der Waals surface area contributed by atoms with E-state index in [1.807, 2.05) is 84.9 Å². The molecule has 0 amide bonds. The van der Waals surface area contributed by atoms with Crippen molar-refractivity contribution < 1.29 is 8.83 Å². The molecule has 12 rings (SSSR count). The Labute approximate surface area is 325 Å². The third-order valence-electron chi connectivity index (χ3n) is 11.1. The van der Waals surface area contributed by atoms with Crippen LogP contribution in [-0.4, -0.2) is 19.5 Å². The van der Waals surface area contributed by atoms with E-state index in [0.717, 1.165) is 88.4 Å². The van der Waals surface area contributed by atoms with E-state index in [1.54, 1.807) is 0 Å². The summed E-state index contributed by atoms with van der Waals surface area (Å²) in [6.07, 6.45) is 0. The highest BCUT2D eigenvalue weighted by Crippen LogP contribution is 2.41. The van der Waals surface area contributed by atoms with Crippen LogP contribution in [0.3, 0.4) is 0 Å². The fraction of sp³-hybridized carbons (Fsp3) is 0. The van der Waals surface area contributed by atoms with Gasteiger partial charge in [-0.25, -0.2) is 15.0 Å². The van der Waals surface area contributed by atoms with E-state index < -0.39 is 0 Å². The Morgan fingerprint density at radius 1 is 0.333 bits per heavy atom. The fourth-order valence-electron chi connectivity index (χ4n) is 8.41. The SMILES string of the molecule is c1ccc(-c2nc(-c3ccccc3)nc(-c3cccc4oc5ccc(-n6c7ccccc7c7cc(-c8ccc9oc%10ccccc%10c9c8)ccc76)cc5c34)n2)cc1. The number of aromatic nitrogens is 4. The first-order valence-electron chi connectivity index (χ1n) is 19.0. The van der Waals surface area contributed by atoms with Crippen LogP contribution in [0.2, 0.25) is 0 Å². The number of furan rings is 2. The topological polar surface area (TPSA) is 69.9 Å². The normalized spacial score (nSPS) is 11.9. The van der Waals surface area contributed by atoms with Gasteiger partial charge >= 0.3 is 0 Å². The van der Waals surface area contributed by atoms with Gasteiger partial charge in [-0.1, -0.05) is 121 Å². The Kier molecular flexibility index (Phi) is 6.83. The minimum absolute atomic E-state index is 0.590. The summed E-state index contributed by atoms with van der Waals surface area (Å²) in [5, 5.41) is 6.57. The summed E-state index contributed by atoms with van der Waals surface area (Å²) < 4.78 is 15.0. The molecule has 8 aromatic carbocycles. The number of para-hydroxylation sites is 2. The molecule has 0 radical (unpaired) electrons. The lowest BCUT2D eigenvalue weighted by atomic mass is 10.0.